The Kier molecular flexibility index (Phi) is 6.83. The lowest BCUT2D eigenvalue weighted by Crippen LogP contribution is -2.48. The Morgan fingerprint density at radius 2 is 1.55 bits per heavy atom. The third-order valence-electron chi connectivity index (χ3n) is 3.39. The van der Waals surface area contributed by atoms with Crippen molar-refractivity contribution in [1.82, 2.24) is 10.2 Å². The summed E-state index contributed by atoms with van der Waals surface area (Å²) in [4.78, 5) is 35.2. The van der Waals surface area contributed by atoms with Crippen molar-refractivity contribution in [3.63, 3.8) is 0 Å². The van der Waals surface area contributed by atoms with Crippen LogP contribution in [0.15, 0.2) is 0 Å². The van der Waals surface area contributed by atoms with Crippen molar-refractivity contribution >= 4 is 18.0 Å². The van der Waals surface area contributed by atoms with Crippen LogP contribution < -0.4 is 5.32 Å². The van der Waals surface area contributed by atoms with Gasteiger partial charge in [0.25, 0.3) is 0 Å². The van der Waals surface area contributed by atoms with E-state index in [1.54, 1.807) is 4.90 Å². The summed E-state index contributed by atoms with van der Waals surface area (Å²) in [7, 11) is 0. The highest BCUT2D eigenvalue weighted by Gasteiger charge is 2.23. The minimum absolute atomic E-state index is 0.107. The fourth-order valence-electron chi connectivity index (χ4n) is 2.22. The third kappa shape index (κ3) is 5.90. The molecule has 114 valence electrons. The number of nitrogens with zero attached hydrogens (tertiary/aromatic N) is 1. The number of hydrogen-bond acceptors (Lipinski definition) is 3. The van der Waals surface area contributed by atoms with E-state index in [1.807, 2.05) is 0 Å². The number of likely N-dealkylation sites (tertiary alicyclic amines) is 1. The van der Waals surface area contributed by atoms with Crippen molar-refractivity contribution in [2.24, 2.45) is 0 Å². The van der Waals surface area contributed by atoms with Gasteiger partial charge in [-0.05, 0) is 19.3 Å². The molecular formula is C13H22N2O5. The largest absolute Gasteiger partial charge is 0.481 e. The average molecular weight is 286 g/mol. The van der Waals surface area contributed by atoms with Crippen LogP contribution in [0.25, 0.3) is 0 Å². The fraction of sp³-hybridized carbons (Fsp3) is 0.769. The molecule has 3 N–H and O–H groups in total. The van der Waals surface area contributed by atoms with Gasteiger partial charge < -0.3 is 20.4 Å². The molecule has 1 aliphatic heterocycles. The topological polar surface area (TPSA) is 107 Å². The number of carboxylic acids is 2. The maximum Gasteiger partial charge on any atom is 0.326 e. The van der Waals surface area contributed by atoms with Gasteiger partial charge in [-0.15, -0.1) is 0 Å². The molecular weight excluding hydrogens is 264 g/mol. The van der Waals surface area contributed by atoms with Crippen LogP contribution in [-0.4, -0.2) is 52.2 Å². The van der Waals surface area contributed by atoms with Gasteiger partial charge in [0.05, 0.1) is 0 Å². The van der Waals surface area contributed by atoms with Crippen molar-refractivity contribution in [2.75, 3.05) is 13.1 Å². The summed E-state index contributed by atoms with van der Waals surface area (Å²) in [5, 5.41) is 20.0. The molecule has 0 aromatic carbocycles. The summed E-state index contributed by atoms with van der Waals surface area (Å²) in [6, 6.07) is -1.56. The first-order valence-electron chi connectivity index (χ1n) is 7.00. The van der Waals surface area contributed by atoms with Crippen molar-refractivity contribution in [3.8, 4) is 0 Å². The molecule has 2 amide bonds. The van der Waals surface area contributed by atoms with Crippen LogP contribution in [0.3, 0.4) is 0 Å². The molecule has 0 radical (unpaired) electrons. The van der Waals surface area contributed by atoms with Crippen LogP contribution in [0, 0.1) is 0 Å². The maximum absolute atomic E-state index is 12.0. The third-order valence-corrected chi connectivity index (χ3v) is 3.39. The van der Waals surface area contributed by atoms with Gasteiger partial charge in [0, 0.05) is 19.5 Å². The zero-order chi connectivity index (χ0) is 15.0. The molecule has 0 aromatic rings. The quantitative estimate of drug-likeness (QED) is 0.705. The van der Waals surface area contributed by atoms with Gasteiger partial charge in [-0.1, -0.05) is 19.3 Å². The number of nitrogens with one attached hydrogen (secondary N) is 1. The normalized spacial score (nSPS) is 17.7. The molecule has 1 rings (SSSR count). The highest BCUT2D eigenvalue weighted by molar-refractivity contribution is 5.83. The van der Waals surface area contributed by atoms with E-state index in [1.165, 1.54) is 6.42 Å². The van der Waals surface area contributed by atoms with E-state index >= 15 is 0 Å². The van der Waals surface area contributed by atoms with E-state index in [-0.39, 0.29) is 12.8 Å². The lowest BCUT2D eigenvalue weighted by molar-refractivity contribution is -0.140. The number of aliphatic carboxylic acids is 2. The highest BCUT2D eigenvalue weighted by atomic mass is 16.4. The van der Waals surface area contributed by atoms with Crippen LogP contribution in [0.1, 0.15) is 44.9 Å². The first-order valence-corrected chi connectivity index (χ1v) is 7.00. The molecule has 0 aromatic heterocycles. The lowest BCUT2D eigenvalue weighted by atomic mass is 10.1. The van der Waals surface area contributed by atoms with Gasteiger partial charge in [0.2, 0.25) is 0 Å². The van der Waals surface area contributed by atoms with Gasteiger partial charge in [0.1, 0.15) is 6.04 Å². The SMILES string of the molecule is O=C(O)CC[C@H](NC(=O)N1CCCCCCC1)C(=O)O. The monoisotopic (exact) mass is 286 g/mol. The number of carboxylic acid groups (broad SMARTS) is 2. The van der Waals surface area contributed by atoms with Gasteiger partial charge >= 0.3 is 18.0 Å². The number of carbonyl (C=O) groups is 3. The van der Waals surface area contributed by atoms with Gasteiger partial charge in [0.15, 0.2) is 0 Å². The predicted octanol–water partition coefficient (Wildman–Crippen LogP) is 1.28. The molecule has 1 saturated heterocycles. The van der Waals surface area contributed by atoms with Gasteiger partial charge in [-0.25, -0.2) is 9.59 Å². The second-order valence-electron chi connectivity index (χ2n) is 5.03. The first kappa shape index (κ1) is 16.3. The van der Waals surface area contributed by atoms with Crippen LogP contribution in [0.4, 0.5) is 4.79 Å². The number of hydrogen-bond donors (Lipinski definition) is 3. The van der Waals surface area contributed by atoms with Crippen molar-refractivity contribution in [2.45, 2.75) is 51.0 Å². The van der Waals surface area contributed by atoms with E-state index in [9.17, 15) is 14.4 Å². The van der Waals surface area contributed by atoms with Crippen LogP contribution >= 0.6 is 0 Å². The Morgan fingerprint density at radius 3 is 2.05 bits per heavy atom. The smallest absolute Gasteiger partial charge is 0.326 e. The summed E-state index contributed by atoms with van der Waals surface area (Å²) < 4.78 is 0. The number of urea groups is 1. The number of rotatable bonds is 5. The highest BCUT2D eigenvalue weighted by Crippen LogP contribution is 2.11. The molecule has 0 spiro atoms. The molecule has 7 nitrogen and oxygen atoms in total. The standard InChI is InChI=1S/C13H22N2O5/c16-11(17)7-6-10(12(18)19)14-13(20)15-8-4-2-1-3-5-9-15/h10H,1-9H2,(H,14,20)(H,16,17)(H,18,19)/t10-/m0/s1. The molecule has 0 saturated carbocycles. The van der Waals surface area contributed by atoms with Crippen molar-refractivity contribution < 1.29 is 24.6 Å². The molecule has 1 aliphatic rings. The molecule has 7 heteroatoms. The van der Waals surface area contributed by atoms with E-state index in [0.717, 1.165) is 25.7 Å². The summed E-state index contributed by atoms with van der Waals surface area (Å²) in [5.41, 5.74) is 0. The Bertz CT molecular complexity index is 351. The molecule has 1 atom stereocenters. The first-order chi connectivity index (χ1) is 9.50. The molecule has 1 heterocycles. The average Bonchev–Trinajstić information content (AvgIpc) is 2.33. The van der Waals surface area contributed by atoms with E-state index < -0.39 is 24.0 Å². The Hall–Kier alpha value is -1.79. The van der Waals surface area contributed by atoms with Crippen LogP contribution in [0.2, 0.25) is 0 Å². The second kappa shape index (κ2) is 8.39. The van der Waals surface area contributed by atoms with E-state index in [2.05, 4.69) is 5.32 Å². The molecule has 20 heavy (non-hydrogen) atoms. The Morgan fingerprint density at radius 1 is 1.00 bits per heavy atom. The summed E-state index contributed by atoms with van der Waals surface area (Å²) in [6.07, 6.45) is 4.77. The molecule has 0 unspecified atom stereocenters. The fourth-order valence-corrected chi connectivity index (χ4v) is 2.22. The minimum atomic E-state index is -1.20. The maximum atomic E-state index is 12.0. The summed E-state index contributed by atoms with van der Waals surface area (Å²) >= 11 is 0. The minimum Gasteiger partial charge on any atom is -0.481 e. The Balaban J connectivity index is 2.50. The molecule has 1 fully saturated rings. The number of carbonyl (C=O) groups excluding carboxylic acids is 1. The zero-order valence-electron chi connectivity index (χ0n) is 11.5. The predicted molar refractivity (Wildman–Crippen MR) is 71.5 cm³/mol. The number of amides is 2. The van der Waals surface area contributed by atoms with Gasteiger partial charge in [-0.2, -0.15) is 0 Å². The second-order valence-corrected chi connectivity index (χ2v) is 5.03. The zero-order valence-corrected chi connectivity index (χ0v) is 11.5. The van der Waals surface area contributed by atoms with E-state index in [0.29, 0.717) is 13.1 Å². The molecule has 0 aliphatic carbocycles. The van der Waals surface area contributed by atoms with Gasteiger partial charge in [-0.3, -0.25) is 4.79 Å². The van der Waals surface area contributed by atoms with E-state index in [4.69, 9.17) is 10.2 Å². The molecule has 0 bridgehead atoms. The van der Waals surface area contributed by atoms with Crippen LogP contribution in [0.5, 0.6) is 0 Å². The Labute approximate surface area is 117 Å². The van der Waals surface area contributed by atoms with Crippen molar-refractivity contribution in [1.29, 1.82) is 0 Å². The summed E-state index contributed by atoms with van der Waals surface area (Å²) in [6.45, 7) is 1.24. The summed E-state index contributed by atoms with van der Waals surface area (Å²) in [5.74, 6) is -2.27. The van der Waals surface area contributed by atoms with Crippen molar-refractivity contribution in [3.05, 3.63) is 0 Å². The lowest BCUT2D eigenvalue weighted by Gasteiger charge is -2.26. The van der Waals surface area contributed by atoms with Crippen LogP contribution in [-0.2, 0) is 9.59 Å².